The third-order valence-corrected chi connectivity index (χ3v) is 11.9. The van der Waals surface area contributed by atoms with Gasteiger partial charge in [0.15, 0.2) is 0 Å². The Labute approximate surface area is 219 Å². The fourth-order valence-corrected chi connectivity index (χ4v) is 9.46. The summed E-state index contributed by atoms with van der Waals surface area (Å²) >= 11 is 0. The average molecular weight is 505 g/mol. The molecule has 0 aliphatic heterocycles. The number of ether oxygens (including phenoxy) is 1. The van der Waals surface area contributed by atoms with Gasteiger partial charge in [-0.1, -0.05) is 106 Å². The van der Waals surface area contributed by atoms with Crippen LogP contribution in [0.15, 0.2) is 84.9 Å². The van der Waals surface area contributed by atoms with Crippen LogP contribution in [0.3, 0.4) is 0 Å². The van der Waals surface area contributed by atoms with Crippen molar-refractivity contribution >= 4 is 18.7 Å². The van der Waals surface area contributed by atoms with Gasteiger partial charge in [-0.05, 0) is 66.1 Å². The van der Waals surface area contributed by atoms with Crippen LogP contribution in [0.5, 0.6) is 0 Å². The van der Waals surface area contributed by atoms with Gasteiger partial charge >= 0.3 is 0 Å². The molecule has 0 unspecified atom stereocenters. The second-order valence-corrected chi connectivity index (χ2v) is 15.5. The smallest absolute Gasteiger partial charge is 0.261 e. The van der Waals surface area contributed by atoms with E-state index in [-0.39, 0.29) is 5.04 Å². The van der Waals surface area contributed by atoms with Crippen LogP contribution in [0, 0.1) is 0 Å². The van der Waals surface area contributed by atoms with Crippen molar-refractivity contribution in [3.05, 3.63) is 96.1 Å². The zero-order valence-electron chi connectivity index (χ0n) is 22.8. The average Bonchev–Trinajstić information content (AvgIpc) is 2.85. The zero-order chi connectivity index (χ0) is 26.1. The molecule has 194 valence electrons. The predicted molar refractivity (Wildman–Crippen MR) is 154 cm³/mol. The highest BCUT2D eigenvalue weighted by atomic mass is 28.4. The number of rotatable bonds is 13. The highest BCUT2D eigenvalue weighted by molar-refractivity contribution is 6.99. The molecule has 1 N–H and O–H groups in total. The molecule has 0 spiro atoms. The third-order valence-electron chi connectivity index (χ3n) is 6.83. The Bertz CT molecular complexity index is 979. The van der Waals surface area contributed by atoms with Crippen LogP contribution < -0.4 is 10.4 Å². The predicted octanol–water partition coefficient (Wildman–Crippen LogP) is 6.22. The van der Waals surface area contributed by atoms with E-state index in [0.29, 0.717) is 0 Å². The van der Waals surface area contributed by atoms with Crippen molar-refractivity contribution in [2.24, 2.45) is 0 Å². The molecule has 0 amide bonds. The Hall–Kier alpha value is -2.24. The van der Waals surface area contributed by atoms with Crippen LogP contribution in [0.1, 0.15) is 65.0 Å². The summed E-state index contributed by atoms with van der Waals surface area (Å²) in [6, 6.07) is 29.9. The van der Waals surface area contributed by atoms with Crippen molar-refractivity contribution in [1.82, 2.24) is 0 Å². The topological polar surface area (TPSA) is 38.7 Å². The maximum atomic E-state index is 10.1. The number of hydrogen-bond acceptors (Lipinski definition) is 3. The molecule has 0 aromatic heterocycles. The second kappa shape index (κ2) is 12.8. The zero-order valence-corrected chi connectivity index (χ0v) is 23.8. The molecule has 0 fully saturated rings. The standard InChI is InChI=1S/C32H44O3Si/c1-31(2,3)36(29-16-8-6-9-17-29,30-18-10-7-11-19-30)35-26-13-12-24-34-25-14-15-27-20-22-28(23-21-27)32(4,5)33/h6-11,16-23,33H,12-15,24-26H2,1-5H3. The molecule has 0 radical (unpaired) electrons. The molecular formula is C32H44O3Si. The molecule has 0 saturated carbocycles. The molecule has 3 rings (SSSR count). The van der Waals surface area contributed by atoms with Gasteiger partial charge in [-0.2, -0.15) is 0 Å². The van der Waals surface area contributed by atoms with Crippen LogP contribution >= 0.6 is 0 Å². The first-order valence-corrected chi connectivity index (χ1v) is 15.2. The van der Waals surface area contributed by atoms with Crippen molar-refractivity contribution in [2.45, 2.75) is 70.9 Å². The van der Waals surface area contributed by atoms with Crippen molar-refractivity contribution < 1.29 is 14.3 Å². The van der Waals surface area contributed by atoms with E-state index in [4.69, 9.17) is 9.16 Å². The van der Waals surface area contributed by atoms with Gasteiger partial charge in [0.1, 0.15) is 0 Å². The molecule has 0 bridgehead atoms. The lowest BCUT2D eigenvalue weighted by molar-refractivity contribution is 0.0786. The molecule has 4 heteroatoms. The monoisotopic (exact) mass is 504 g/mol. The van der Waals surface area contributed by atoms with Crippen molar-refractivity contribution in [3.8, 4) is 0 Å². The third kappa shape index (κ3) is 7.39. The van der Waals surface area contributed by atoms with Gasteiger partial charge in [-0.25, -0.2) is 0 Å². The molecule has 36 heavy (non-hydrogen) atoms. The van der Waals surface area contributed by atoms with Gasteiger partial charge in [-0.15, -0.1) is 0 Å². The van der Waals surface area contributed by atoms with Gasteiger partial charge in [0.25, 0.3) is 8.32 Å². The van der Waals surface area contributed by atoms with Gasteiger partial charge in [0.2, 0.25) is 0 Å². The Balaban J connectivity index is 1.46. The maximum Gasteiger partial charge on any atom is 0.261 e. The summed E-state index contributed by atoms with van der Waals surface area (Å²) in [6.07, 6.45) is 3.98. The first-order valence-electron chi connectivity index (χ1n) is 13.3. The molecule has 0 aliphatic carbocycles. The fourth-order valence-electron chi connectivity index (χ4n) is 4.85. The largest absolute Gasteiger partial charge is 0.407 e. The number of unbranched alkanes of at least 4 members (excludes halogenated alkanes) is 1. The Morgan fingerprint density at radius 2 is 1.14 bits per heavy atom. The lowest BCUT2D eigenvalue weighted by atomic mass is 9.96. The highest BCUT2D eigenvalue weighted by Gasteiger charge is 2.49. The van der Waals surface area contributed by atoms with E-state index in [9.17, 15) is 5.11 Å². The Morgan fingerprint density at radius 3 is 1.64 bits per heavy atom. The van der Waals surface area contributed by atoms with E-state index in [0.717, 1.165) is 51.1 Å². The summed E-state index contributed by atoms with van der Waals surface area (Å²) in [5.74, 6) is 0. The molecule has 3 aromatic carbocycles. The van der Waals surface area contributed by atoms with Crippen molar-refractivity contribution in [2.75, 3.05) is 19.8 Å². The van der Waals surface area contributed by atoms with Crippen LogP contribution in [0.4, 0.5) is 0 Å². The summed E-state index contributed by atoms with van der Waals surface area (Å²) in [6.45, 7) is 12.9. The lowest BCUT2D eigenvalue weighted by Crippen LogP contribution is -2.66. The maximum absolute atomic E-state index is 10.1. The van der Waals surface area contributed by atoms with Crippen LogP contribution in [0.2, 0.25) is 5.04 Å². The summed E-state index contributed by atoms with van der Waals surface area (Å²) < 4.78 is 12.9. The van der Waals surface area contributed by atoms with Crippen molar-refractivity contribution in [1.29, 1.82) is 0 Å². The molecule has 3 aromatic rings. The first-order chi connectivity index (χ1) is 17.1. The van der Waals surface area contributed by atoms with E-state index in [1.807, 2.05) is 26.0 Å². The van der Waals surface area contributed by atoms with Gasteiger partial charge < -0.3 is 14.3 Å². The second-order valence-electron chi connectivity index (χ2n) is 11.2. The molecule has 0 heterocycles. The normalized spacial score (nSPS) is 12.6. The highest BCUT2D eigenvalue weighted by Crippen LogP contribution is 2.36. The van der Waals surface area contributed by atoms with Crippen LogP contribution in [-0.2, 0) is 21.2 Å². The Morgan fingerprint density at radius 1 is 0.639 bits per heavy atom. The minimum atomic E-state index is -2.44. The fraction of sp³-hybridized carbons (Fsp3) is 0.438. The SMILES string of the molecule is CC(C)(O)c1ccc(CCCOCCCCO[Si](c2ccccc2)(c2ccccc2)C(C)(C)C)cc1. The number of benzene rings is 3. The minimum absolute atomic E-state index is 0.0112. The molecule has 0 aliphatic rings. The molecule has 3 nitrogen and oxygen atoms in total. The number of aryl methyl sites for hydroxylation is 1. The summed E-state index contributed by atoms with van der Waals surface area (Å²) in [5, 5.41) is 12.8. The van der Waals surface area contributed by atoms with Crippen LogP contribution in [-0.4, -0.2) is 33.2 Å². The molecular weight excluding hydrogens is 460 g/mol. The quantitative estimate of drug-likeness (QED) is 0.222. The summed E-state index contributed by atoms with van der Waals surface area (Å²) in [4.78, 5) is 0. The first kappa shape index (κ1) is 28.3. The Kier molecular flexibility index (Phi) is 10.1. The lowest BCUT2D eigenvalue weighted by Gasteiger charge is -2.43. The number of aliphatic hydroxyl groups is 1. The van der Waals surface area contributed by atoms with E-state index >= 15 is 0 Å². The van der Waals surface area contributed by atoms with Crippen LogP contribution in [0.25, 0.3) is 0 Å². The van der Waals surface area contributed by atoms with E-state index in [1.165, 1.54) is 15.9 Å². The molecule has 0 atom stereocenters. The van der Waals surface area contributed by atoms with Gasteiger partial charge in [-0.3, -0.25) is 0 Å². The molecule has 0 saturated heterocycles. The van der Waals surface area contributed by atoms with E-state index in [1.54, 1.807) is 0 Å². The minimum Gasteiger partial charge on any atom is -0.407 e. The van der Waals surface area contributed by atoms with E-state index in [2.05, 4.69) is 93.6 Å². The van der Waals surface area contributed by atoms with Gasteiger partial charge in [0.05, 0.1) is 5.60 Å². The van der Waals surface area contributed by atoms with Crippen molar-refractivity contribution in [3.63, 3.8) is 0 Å². The summed E-state index contributed by atoms with van der Waals surface area (Å²) in [7, 11) is -2.44. The summed E-state index contributed by atoms with van der Waals surface area (Å²) in [5.41, 5.74) is 1.44. The number of hydrogen-bond donors (Lipinski definition) is 1. The van der Waals surface area contributed by atoms with E-state index < -0.39 is 13.9 Å². The van der Waals surface area contributed by atoms with Gasteiger partial charge in [0, 0.05) is 19.8 Å².